The summed E-state index contributed by atoms with van der Waals surface area (Å²) in [6.45, 7) is 1.89. The molecule has 1 unspecified atom stereocenters. The zero-order chi connectivity index (χ0) is 10.8. The van der Waals surface area contributed by atoms with Gasteiger partial charge < -0.3 is 10.1 Å². The van der Waals surface area contributed by atoms with Gasteiger partial charge in [-0.3, -0.25) is 4.79 Å². The van der Waals surface area contributed by atoms with E-state index in [9.17, 15) is 4.79 Å². The van der Waals surface area contributed by atoms with Gasteiger partial charge in [-0.25, -0.2) is 0 Å². The molecule has 3 heteroatoms. The van der Waals surface area contributed by atoms with Crippen molar-refractivity contribution in [1.82, 2.24) is 5.32 Å². The lowest BCUT2D eigenvalue weighted by atomic mass is 9.95. The lowest BCUT2D eigenvalue weighted by molar-refractivity contribution is -0.121. The number of amides is 1. The molecule has 1 amide bonds. The van der Waals surface area contributed by atoms with Gasteiger partial charge in [0.1, 0.15) is 5.75 Å². The van der Waals surface area contributed by atoms with E-state index in [2.05, 4.69) is 5.32 Å². The molecule has 0 radical (unpaired) electrons. The first-order valence-electron chi connectivity index (χ1n) is 4.87. The van der Waals surface area contributed by atoms with E-state index in [1.165, 1.54) is 0 Å². The molecule has 0 aromatic heterocycles. The summed E-state index contributed by atoms with van der Waals surface area (Å²) in [5.41, 5.74) is 2.06. The first kappa shape index (κ1) is 9.77. The van der Waals surface area contributed by atoms with Crippen molar-refractivity contribution in [3.63, 3.8) is 0 Å². The van der Waals surface area contributed by atoms with Crippen molar-refractivity contribution in [1.29, 1.82) is 0 Å². The van der Waals surface area contributed by atoms with Gasteiger partial charge in [0.05, 0.1) is 13.0 Å². The van der Waals surface area contributed by atoms with Gasteiger partial charge in [0.25, 0.3) is 0 Å². The van der Waals surface area contributed by atoms with Crippen LogP contribution in [0, 0.1) is 0 Å². The van der Waals surface area contributed by atoms with Gasteiger partial charge in [0.15, 0.2) is 0 Å². The first-order chi connectivity index (χ1) is 7.22. The number of hydrogen-bond acceptors (Lipinski definition) is 2. The maximum Gasteiger partial charge on any atom is 0.231 e. The average Bonchev–Trinajstić information content (AvgIpc) is 2.40. The third kappa shape index (κ3) is 1.73. The number of hydrogen-bond donors (Lipinski definition) is 1. The summed E-state index contributed by atoms with van der Waals surface area (Å²) in [4.78, 5) is 11.6. The second-order valence-corrected chi connectivity index (χ2v) is 3.56. The Kier molecular flexibility index (Phi) is 2.46. The topological polar surface area (TPSA) is 38.3 Å². The van der Waals surface area contributed by atoms with Gasteiger partial charge in [0, 0.05) is 6.20 Å². The minimum absolute atomic E-state index is 0.0123. The molecule has 0 spiro atoms. The Balaban J connectivity index is 2.52. The zero-order valence-electron chi connectivity index (χ0n) is 8.78. The molecule has 1 heterocycles. The number of rotatable bonds is 1. The fourth-order valence-corrected chi connectivity index (χ4v) is 1.69. The van der Waals surface area contributed by atoms with Crippen LogP contribution in [0.3, 0.4) is 0 Å². The molecular weight excluding hydrogens is 190 g/mol. The molecule has 1 aliphatic rings. The Morgan fingerprint density at radius 1 is 1.40 bits per heavy atom. The smallest absolute Gasteiger partial charge is 0.231 e. The summed E-state index contributed by atoms with van der Waals surface area (Å²) in [7, 11) is 1.62. The predicted molar refractivity (Wildman–Crippen MR) is 58.6 cm³/mol. The minimum Gasteiger partial charge on any atom is -0.497 e. The largest absolute Gasteiger partial charge is 0.497 e. The second kappa shape index (κ2) is 3.77. The van der Waals surface area contributed by atoms with Gasteiger partial charge in [-0.2, -0.15) is 0 Å². The van der Waals surface area contributed by atoms with Crippen molar-refractivity contribution >= 4 is 12.0 Å². The maximum atomic E-state index is 11.6. The van der Waals surface area contributed by atoms with Gasteiger partial charge >= 0.3 is 0 Å². The molecule has 3 nitrogen and oxygen atoms in total. The summed E-state index contributed by atoms with van der Waals surface area (Å²) in [5, 5.41) is 2.72. The maximum absolute atomic E-state index is 11.6. The Morgan fingerprint density at radius 3 is 2.93 bits per heavy atom. The number of nitrogens with one attached hydrogen (secondary N) is 1. The van der Waals surface area contributed by atoms with E-state index in [1.807, 2.05) is 31.2 Å². The number of ether oxygens (including phenoxy) is 1. The number of carbonyl (C=O) groups excluding carboxylic acids is 1. The van der Waals surface area contributed by atoms with E-state index in [-0.39, 0.29) is 11.8 Å². The fourth-order valence-electron chi connectivity index (χ4n) is 1.69. The van der Waals surface area contributed by atoms with Crippen molar-refractivity contribution in [2.45, 2.75) is 12.8 Å². The van der Waals surface area contributed by atoms with Crippen molar-refractivity contribution in [2.24, 2.45) is 0 Å². The summed E-state index contributed by atoms with van der Waals surface area (Å²) in [6, 6.07) is 5.77. The van der Waals surface area contributed by atoms with E-state index in [0.717, 1.165) is 16.9 Å². The van der Waals surface area contributed by atoms with Crippen LogP contribution in [0.2, 0.25) is 0 Å². The molecule has 1 aliphatic heterocycles. The standard InChI is InChI=1S/C12H13NO2/c1-8-11-7-10(15-2)4-3-9(11)5-6-13-12(8)14/h3-8H,1-2H3,(H,13,14). The van der Waals surface area contributed by atoms with Crippen LogP contribution in [0.5, 0.6) is 5.75 Å². The normalized spacial score (nSPS) is 19.1. The predicted octanol–water partition coefficient (Wildman–Crippen LogP) is 1.90. The Labute approximate surface area is 88.8 Å². The van der Waals surface area contributed by atoms with Crippen LogP contribution >= 0.6 is 0 Å². The molecule has 1 atom stereocenters. The lowest BCUT2D eigenvalue weighted by Gasteiger charge is -2.12. The molecular formula is C12H13NO2. The Morgan fingerprint density at radius 2 is 2.20 bits per heavy atom. The van der Waals surface area contributed by atoms with E-state index >= 15 is 0 Å². The summed E-state index contributed by atoms with van der Waals surface area (Å²) >= 11 is 0. The lowest BCUT2D eigenvalue weighted by Crippen LogP contribution is -2.21. The van der Waals surface area contributed by atoms with Crippen LogP contribution in [0.15, 0.2) is 24.4 Å². The molecule has 0 saturated heterocycles. The summed E-state index contributed by atoms with van der Waals surface area (Å²) < 4.78 is 5.15. The monoisotopic (exact) mass is 203 g/mol. The first-order valence-corrected chi connectivity index (χ1v) is 4.87. The second-order valence-electron chi connectivity index (χ2n) is 3.56. The molecule has 2 rings (SSSR count). The molecule has 0 fully saturated rings. The molecule has 0 bridgehead atoms. The Bertz CT molecular complexity index is 424. The van der Waals surface area contributed by atoms with Crippen molar-refractivity contribution in [3.8, 4) is 5.75 Å². The van der Waals surface area contributed by atoms with Crippen LogP contribution in [-0.2, 0) is 4.79 Å². The van der Waals surface area contributed by atoms with Crippen LogP contribution in [0.1, 0.15) is 24.0 Å². The number of benzene rings is 1. The minimum atomic E-state index is -0.148. The van der Waals surface area contributed by atoms with E-state index in [0.29, 0.717) is 0 Å². The fraction of sp³-hybridized carbons (Fsp3) is 0.250. The summed E-state index contributed by atoms with van der Waals surface area (Å²) in [5.74, 6) is 0.645. The highest BCUT2D eigenvalue weighted by Crippen LogP contribution is 2.27. The third-order valence-corrected chi connectivity index (χ3v) is 2.64. The van der Waals surface area contributed by atoms with Crippen molar-refractivity contribution in [2.75, 3.05) is 7.11 Å². The van der Waals surface area contributed by atoms with Crippen molar-refractivity contribution < 1.29 is 9.53 Å². The van der Waals surface area contributed by atoms with Crippen molar-refractivity contribution in [3.05, 3.63) is 35.5 Å². The van der Waals surface area contributed by atoms with E-state index < -0.39 is 0 Å². The van der Waals surface area contributed by atoms with Gasteiger partial charge in [0.2, 0.25) is 5.91 Å². The highest BCUT2D eigenvalue weighted by atomic mass is 16.5. The molecule has 1 aromatic rings. The molecule has 0 aliphatic carbocycles. The highest BCUT2D eigenvalue weighted by molar-refractivity contribution is 5.87. The van der Waals surface area contributed by atoms with Gasteiger partial charge in [-0.05, 0) is 36.3 Å². The molecule has 78 valence electrons. The van der Waals surface area contributed by atoms with E-state index in [4.69, 9.17) is 4.74 Å². The molecule has 1 aromatic carbocycles. The van der Waals surface area contributed by atoms with Gasteiger partial charge in [-0.15, -0.1) is 0 Å². The molecule has 1 N–H and O–H groups in total. The quantitative estimate of drug-likeness (QED) is 0.757. The third-order valence-electron chi connectivity index (χ3n) is 2.64. The van der Waals surface area contributed by atoms with Crippen LogP contribution in [0.25, 0.3) is 6.08 Å². The molecule has 0 saturated carbocycles. The summed E-state index contributed by atoms with van der Waals surface area (Å²) in [6.07, 6.45) is 3.58. The van der Waals surface area contributed by atoms with Crippen LogP contribution in [0.4, 0.5) is 0 Å². The number of carbonyl (C=O) groups is 1. The highest BCUT2D eigenvalue weighted by Gasteiger charge is 2.19. The number of fused-ring (bicyclic) bond motifs is 1. The SMILES string of the molecule is COc1ccc2c(c1)C(C)C(=O)NC=C2. The zero-order valence-corrected chi connectivity index (χ0v) is 8.78. The van der Waals surface area contributed by atoms with Crippen LogP contribution in [-0.4, -0.2) is 13.0 Å². The van der Waals surface area contributed by atoms with Gasteiger partial charge in [-0.1, -0.05) is 6.07 Å². The Hall–Kier alpha value is -1.77. The van der Waals surface area contributed by atoms with Crippen LogP contribution < -0.4 is 10.1 Å². The average molecular weight is 203 g/mol. The molecule has 15 heavy (non-hydrogen) atoms. The van der Waals surface area contributed by atoms with E-state index in [1.54, 1.807) is 13.3 Å². The number of methoxy groups -OCH3 is 1.